The predicted molar refractivity (Wildman–Crippen MR) is 132 cm³/mol. The first-order chi connectivity index (χ1) is 15.0. The molecule has 1 rings (SSSR count). The van der Waals surface area contributed by atoms with Crippen molar-refractivity contribution in [3.63, 3.8) is 0 Å². The highest BCUT2D eigenvalue weighted by Crippen LogP contribution is 2.34. The average Bonchev–Trinajstić information content (AvgIpc) is 2.65. The minimum Gasteiger partial charge on any atom is -0.444 e. The summed E-state index contributed by atoms with van der Waals surface area (Å²) in [6.45, 7) is 20.4. The molecule has 1 aromatic rings. The summed E-state index contributed by atoms with van der Waals surface area (Å²) in [6, 6.07) is 4.08. The molecule has 3 amide bonds. The van der Waals surface area contributed by atoms with E-state index < -0.39 is 29.3 Å². The molecule has 0 heterocycles. The molecule has 0 saturated carbocycles. The monoisotopic (exact) mass is 461 g/mol. The van der Waals surface area contributed by atoms with E-state index in [9.17, 15) is 14.4 Å². The second-order valence-electron chi connectivity index (χ2n) is 10.7. The number of rotatable bonds is 8. The van der Waals surface area contributed by atoms with E-state index in [1.165, 1.54) is 0 Å². The third kappa shape index (κ3) is 8.06. The van der Waals surface area contributed by atoms with E-state index in [0.717, 1.165) is 16.7 Å². The van der Waals surface area contributed by atoms with Crippen LogP contribution in [-0.2, 0) is 14.3 Å². The van der Waals surface area contributed by atoms with E-state index in [-0.39, 0.29) is 17.9 Å². The Bertz CT molecular complexity index is 856. The van der Waals surface area contributed by atoms with Gasteiger partial charge in [0.25, 0.3) is 0 Å². The van der Waals surface area contributed by atoms with Crippen LogP contribution in [0.4, 0.5) is 4.79 Å². The summed E-state index contributed by atoms with van der Waals surface area (Å²) in [5.41, 5.74) is 1.35. The molecule has 0 saturated heterocycles. The van der Waals surface area contributed by atoms with E-state index in [1.807, 2.05) is 66.7 Å². The summed E-state index contributed by atoms with van der Waals surface area (Å²) >= 11 is 0. The maximum absolute atomic E-state index is 13.8. The van der Waals surface area contributed by atoms with Gasteiger partial charge in [-0.2, -0.15) is 0 Å². The number of ether oxygens (including phenoxy) is 1. The van der Waals surface area contributed by atoms with Crippen LogP contribution in [0.1, 0.15) is 91.5 Å². The zero-order valence-corrected chi connectivity index (χ0v) is 22.3. The number of carbonyl (C=O) groups is 3. The molecule has 0 fully saturated rings. The number of nitrogens with one attached hydrogen (secondary N) is 2. The summed E-state index contributed by atoms with van der Waals surface area (Å²) < 4.78 is 5.33. The minimum absolute atomic E-state index is 0.0934. The first kappa shape index (κ1) is 28.5. The van der Waals surface area contributed by atoms with Crippen LogP contribution in [0, 0.1) is 13.8 Å². The van der Waals surface area contributed by atoms with Gasteiger partial charge >= 0.3 is 6.09 Å². The van der Waals surface area contributed by atoms with Gasteiger partial charge in [0, 0.05) is 11.6 Å². The molecule has 0 radical (unpaired) electrons. The zero-order valence-electron chi connectivity index (χ0n) is 22.3. The Labute approximate surface area is 199 Å². The van der Waals surface area contributed by atoms with E-state index in [1.54, 1.807) is 32.6 Å². The number of aryl methyl sites for hydroxylation is 2. The standard InChI is InChI=1S/C26H43N3O4/c1-12-26(10,11)29(23(31)19(6)28-24(32)33-25(7,8)9)21(22(30)27-16(2)3)20-15-17(4)13-14-18(20)5/h13-16,19,21H,12H2,1-11H3,(H,27,30)(H,28,32). The Morgan fingerprint density at radius 1 is 1.00 bits per heavy atom. The molecule has 2 unspecified atom stereocenters. The highest BCUT2D eigenvalue weighted by molar-refractivity contribution is 5.92. The lowest BCUT2D eigenvalue weighted by Gasteiger charge is -2.44. The van der Waals surface area contributed by atoms with Crippen LogP contribution in [0.5, 0.6) is 0 Å². The topological polar surface area (TPSA) is 87.7 Å². The van der Waals surface area contributed by atoms with Crippen molar-refractivity contribution >= 4 is 17.9 Å². The smallest absolute Gasteiger partial charge is 0.408 e. The lowest BCUT2D eigenvalue weighted by molar-refractivity contribution is -0.149. The summed E-state index contributed by atoms with van der Waals surface area (Å²) in [5, 5.41) is 5.63. The van der Waals surface area contributed by atoms with Crippen molar-refractivity contribution < 1.29 is 19.1 Å². The molecular weight excluding hydrogens is 418 g/mol. The van der Waals surface area contributed by atoms with Crippen molar-refractivity contribution in [1.82, 2.24) is 15.5 Å². The van der Waals surface area contributed by atoms with Crippen molar-refractivity contribution in [2.45, 2.75) is 112 Å². The van der Waals surface area contributed by atoms with Crippen LogP contribution in [-0.4, -0.2) is 46.0 Å². The van der Waals surface area contributed by atoms with Gasteiger partial charge < -0.3 is 20.3 Å². The molecule has 0 aliphatic heterocycles. The highest BCUT2D eigenvalue weighted by atomic mass is 16.6. The number of amides is 3. The van der Waals surface area contributed by atoms with Crippen LogP contribution in [0.15, 0.2) is 18.2 Å². The van der Waals surface area contributed by atoms with Crippen molar-refractivity contribution in [2.24, 2.45) is 0 Å². The summed E-state index contributed by atoms with van der Waals surface area (Å²) in [5.74, 6) is -0.601. The number of carbonyl (C=O) groups excluding carboxylic acids is 3. The number of benzene rings is 1. The van der Waals surface area contributed by atoms with E-state index >= 15 is 0 Å². The van der Waals surface area contributed by atoms with Gasteiger partial charge in [0.15, 0.2) is 0 Å². The third-order valence-electron chi connectivity index (χ3n) is 5.53. The molecule has 0 bridgehead atoms. The van der Waals surface area contributed by atoms with Crippen molar-refractivity contribution in [2.75, 3.05) is 0 Å². The fourth-order valence-corrected chi connectivity index (χ4v) is 3.52. The average molecular weight is 462 g/mol. The Kier molecular flexibility index (Phi) is 9.52. The fraction of sp³-hybridized carbons (Fsp3) is 0.654. The summed E-state index contributed by atoms with van der Waals surface area (Å²) in [6.07, 6.45) is -0.0543. The normalized spacial score (nSPS) is 13.8. The Balaban J connectivity index is 3.55. The number of hydrogen-bond donors (Lipinski definition) is 2. The Hall–Kier alpha value is -2.57. The van der Waals surface area contributed by atoms with Crippen molar-refractivity contribution in [3.05, 3.63) is 34.9 Å². The largest absolute Gasteiger partial charge is 0.444 e. The van der Waals surface area contributed by atoms with Gasteiger partial charge in [-0.15, -0.1) is 0 Å². The molecular formula is C26H43N3O4. The van der Waals surface area contributed by atoms with Gasteiger partial charge in [0.05, 0.1) is 0 Å². The number of hydrogen-bond acceptors (Lipinski definition) is 4. The van der Waals surface area contributed by atoms with Crippen molar-refractivity contribution in [3.8, 4) is 0 Å². The van der Waals surface area contributed by atoms with Gasteiger partial charge in [-0.3, -0.25) is 9.59 Å². The van der Waals surface area contributed by atoms with Crippen LogP contribution in [0.2, 0.25) is 0 Å². The molecule has 33 heavy (non-hydrogen) atoms. The maximum atomic E-state index is 13.8. The van der Waals surface area contributed by atoms with E-state index in [4.69, 9.17) is 4.74 Å². The SMILES string of the molecule is CCC(C)(C)N(C(=O)C(C)NC(=O)OC(C)(C)C)C(C(=O)NC(C)C)c1cc(C)ccc1C. The third-order valence-corrected chi connectivity index (χ3v) is 5.53. The summed E-state index contributed by atoms with van der Waals surface area (Å²) in [4.78, 5) is 41.3. The lowest BCUT2D eigenvalue weighted by Crippen LogP contribution is -2.59. The lowest BCUT2D eigenvalue weighted by atomic mass is 9.89. The van der Waals surface area contributed by atoms with E-state index in [2.05, 4.69) is 10.6 Å². The zero-order chi connectivity index (χ0) is 25.7. The molecule has 0 aromatic heterocycles. The minimum atomic E-state index is -0.884. The van der Waals surface area contributed by atoms with Crippen LogP contribution in [0.25, 0.3) is 0 Å². The maximum Gasteiger partial charge on any atom is 0.408 e. The predicted octanol–water partition coefficient (Wildman–Crippen LogP) is 4.80. The molecule has 186 valence electrons. The molecule has 2 atom stereocenters. The van der Waals surface area contributed by atoms with Gasteiger partial charge in [0.1, 0.15) is 17.7 Å². The van der Waals surface area contributed by atoms with E-state index in [0.29, 0.717) is 6.42 Å². The quantitative estimate of drug-likeness (QED) is 0.582. The van der Waals surface area contributed by atoms with Crippen LogP contribution >= 0.6 is 0 Å². The van der Waals surface area contributed by atoms with Gasteiger partial charge in [-0.25, -0.2) is 4.79 Å². The van der Waals surface area contributed by atoms with Gasteiger partial charge in [-0.1, -0.05) is 30.7 Å². The first-order valence-corrected chi connectivity index (χ1v) is 11.7. The van der Waals surface area contributed by atoms with Crippen LogP contribution in [0.3, 0.4) is 0 Å². The molecule has 7 nitrogen and oxygen atoms in total. The second kappa shape index (κ2) is 11.0. The summed E-state index contributed by atoms with van der Waals surface area (Å²) in [7, 11) is 0. The van der Waals surface area contributed by atoms with Gasteiger partial charge in [0.2, 0.25) is 11.8 Å². The number of alkyl carbamates (subject to hydrolysis) is 1. The van der Waals surface area contributed by atoms with Gasteiger partial charge in [-0.05, 0) is 86.8 Å². The van der Waals surface area contributed by atoms with Crippen molar-refractivity contribution in [1.29, 1.82) is 0 Å². The molecule has 1 aromatic carbocycles. The molecule has 7 heteroatoms. The highest BCUT2D eigenvalue weighted by Gasteiger charge is 2.42. The molecule has 2 N–H and O–H groups in total. The second-order valence-corrected chi connectivity index (χ2v) is 10.7. The molecule has 0 aliphatic carbocycles. The molecule has 0 spiro atoms. The molecule has 0 aliphatic rings. The Morgan fingerprint density at radius 2 is 1.58 bits per heavy atom. The Morgan fingerprint density at radius 3 is 2.06 bits per heavy atom. The first-order valence-electron chi connectivity index (χ1n) is 11.7. The fourth-order valence-electron chi connectivity index (χ4n) is 3.52. The number of nitrogens with zero attached hydrogens (tertiary/aromatic N) is 1. The van der Waals surface area contributed by atoms with Crippen LogP contribution < -0.4 is 10.6 Å².